The second-order valence-electron chi connectivity index (χ2n) is 7.05. The molecule has 128 valence electrons. The van der Waals surface area contributed by atoms with Gasteiger partial charge in [-0.25, -0.2) is 0 Å². The van der Waals surface area contributed by atoms with Crippen LogP contribution in [-0.4, -0.2) is 53.6 Å². The molecule has 1 N–H and O–H groups in total. The summed E-state index contributed by atoms with van der Waals surface area (Å²) in [5.41, 5.74) is 0.0900. The first-order chi connectivity index (χ1) is 11.2. The van der Waals surface area contributed by atoms with Crippen LogP contribution in [0.1, 0.15) is 49.9 Å². The van der Waals surface area contributed by atoms with E-state index in [1.54, 1.807) is 11.3 Å². The van der Waals surface area contributed by atoms with Gasteiger partial charge in [-0.15, -0.1) is 11.3 Å². The SMILES string of the molecule is CCC1(CO)CCN(CC(=O)N2CCCC2c2cccs2)CC1. The van der Waals surface area contributed by atoms with Crippen LogP contribution in [0.15, 0.2) is 17.5 Å². The minimum atomic E-state index is 0.0900. The van der Waals surface area contributed by atoms with Gasteiger partial charge in [-0.3, -0.25) is 9.69 Å². The molecule has 1 aromatic rings. The van der Waals surface area contributed by atoms with Crippen molar-refractivity contribution in [3.8, 4) is 0 Å². The average Bonchev–Trinajstić information content (AvgIpc) is 3.26. The van der Waals surface area contributed by atoms with Gasteiger partial charge in [0.05, 0.1) is 12.6 Å². The Labute approximate surface area is 143 Å². The van der Waals surface area contributed by atoms with E-state index in [1.165, 1.54) is 4.88 Å². The number of carbonyl (C=O) groups excluding carboxylic acids is 1. The minimum absolute atomic E-state index is 0.0900. The third-order valence-corrected chi connectivity index (χ3v) is 6.78. The van der Waals surface area contributed by atoms with Crippen molar-refractivity contribution in [3.05, 3.63) is 22.4 Å². The van der Waals surface area contributed by atoms with Crippen molar-refractivity contribution >= 4 is 17.2 Å². The van der Waals surface area contributed by atoms with E-state index in [9.17, 15) is 9.90 Å². The number of hydrogen-bond acceptors (Lipinski definition) is 4. The van der Waals surface area contributed by atoms with Gasteiger partial charge in [0.1, 0.15) is 0 Å². The summed E-state index contributed by atoms with van der Waals surface area (Å²) in [7, 11) is 0. The Hall–Kier alpha value is -0.910. The topological polar surface area (TPSA) is 43.8 Å². The van der Waals surface area contributed by atoms with Gasteiger partial charge in [-0.2, -0.15) is 0 Å². The van der Waals surface area contributed by atoms with Crippen molar-refractivity contribution in [3.63, 3.8) is 0 Å². The van der Waals surface area contributed by atoms with Gasteiger partial charge in [0.15, 0.2) is 0 Å². The maximum Gasteiger partial charge on any atom is 0.237 e. The van der Waals surface area contributed by atoms with Crippen LogP contribution in [0.2, 0.25) is 0 Å². The fraction of sp³-hybridized carbons (Fsp3) is 0.722. The van der Waals surface area contributed by atoms with Crippen LogP contribution in [0.25, 0.3) is 0 Å². The highest BCUT2D eigenvalue weighted by Crippen LogP contribution is 2.36. The van der Waals surface area contributed by atoms with E-state index < -0.39 is 0 Å². The second kappa shape index (κ2) is 7.32. The molecule has 1 aromatic heterocycles. The Morgan fingerprint density at radius 3 is 2.78 bits per heavy atom. The Morgan fingerprint density at radius 1 is 1.39 bits per heavy atom. The first kappa shape index (κ1) is 16.9. The molecule has 0 saturated carbocycles. The minimum Gasteiger partial charge on any atom is -0.396 e. The number of aliphatic hydroxyl groups is 1. The van der Waals surface area contributed by atoms with Crippen LogP contribution in [0.5, 0.6) is 0 Å². The molecule has 1 amide bonds. The zero-order valence-electron chi connectivity index (χ0n) is 14.0. The Kier molecular flexibility index (Phi) is 5.39. The molecule has 2 saturated heterocycles. The highest BCUT2D eigenvalue weighted by Gasteiger charge is 2.35. The zero-order valence-corrected chi connectivity index (χ0v) is 14.9. The van der Waals surface area contributed by atoms with Gasteiger partial charge in [-0.05, 0) is 62.1 Å². The van der Waals surface area contributed by atoms with Crippen molar-refractivity contribution in [2.75, 3.05) is 32.8 Å². The number of likely N-dealkylation sites (tertiary alicyclic amines) is 2. The van der Waals surface area contributed by atoms with Crippen LogP contribution >= 0.6 is 11.3 Å². The molecular formula is C18H28N2O2S. The summed E-state index contributed by atoms with van der Waals surface area (Å²) < 4.78 is 0. The van der Waals surface area contributed by atoms with Crippen molar-refractivity contribution in [2.24, 2.45) is 5.41 Å². The zero-order chi connectivity index (χ0) is 16.3. The Balaban J connectivity index is 1.55. The van der Waals surface area contributed by atoms with E-state index in [0.717, 1.165) is 51.7 Å². The third-order valence-electron chi connectivity index (χ3n) is 5.81. The predicted octanol–water partition coefficient (Wildman–Crippen LogP) is 2.90. The maximum absolute atomic E-state index is 12.8. The molecular weight excluding hydrogens is 308 g/mol. The molecule has 3 heterocycles. The van der Waals surface area contributed by atoms with E-state index in [4.69, 9.17) is 0 Å². The quantitative estimate of drug-likeness (QED) is 0.899. The van der Waals surface area contributed by atoms with Gasteiger partial charge < -0.3 is 10.0 Å². The molecule has 0 radical (unpaired) electrons. The van der Waals surface area contributed by atoms with Crippen molar-refractivity contribution in [1.82, 2.24) is 9.80 Å². The number of piperidine rings is 1. The summed E-state index contributed by atoms with van der Waals surface area (Å²) in [5, 5.41) is 11.7. The number of nitrogens with zero attached hydrogens (tertiary/aromatic N) is 2. The first-order valence-corrected chi connectivity index (χ1v) is 9.71. The van der Waals surface area contributed by atoms with Crippen LogP contribution in [0.4, 0.5) is 0 Å². The van der Waals surface area contributed by atoms with Gasteiger partial charge in [0, 0.05) is 18.0 Å². The molecule has 1 atom stereocenters. The normalized spacial score (nSPS) is 25.0. The Bertz CT molecular complexity index is 503. The van der Waals surface area contributed by atoms with E-state index in [0.29, 0.717) is 12.6 Å². The number of thiophene rings is 1. The van der Waals surface area contributed by atoms with E-state index >= 15 is 0 Å². The van der Waals surface area contributed by atoms with E-state index in [1.807, 2.05) is 0 Å². The predicted molar refractivity (Wildman–Crippen MR) is 93.5 cm³/mol. The molecule has 4 nitrogen and oxygen atoms in total. The lowest BCUT2D eigenvalue weighted by Gasteiger charge is -2.40. The van der Waals surface area contributed by atoms with Gasteiger partial charge in [-0.1, -0.05) is 13.0 Å². The van der Waals surface area contributed by atoms with Crippen molar-refractivity contribution in [1.29, 1.82) is 0 Å². The molecule has 2 fully saturated rings. The first-order valence-electron chi connectivity index (χ1n) is 8.83. The Morgan fingerprint density at radius 2 is 2.17 bits per heavy atom. The van der Waals surface area contributed by atoms with E-state index in [2.05, 4.69) is 34.2 Å². The lowest BCUT2D eigenvalue weighted by atomic mass is 9.77. The number of rotatable bonds is 5. The number of aliphatic hydroxyl groups excluding tert-OH is 1. The molecule has 0 aromatic carbocycles. The van der Waals surface area contributed by atoms with Crippen molar-refractivity contribution in [2.45, 2.75) is 45.1 Å². The highest BCUT2D eigenvalue weighted by molar-refractivity contribution is 7.10. The van der Waals surface area contributed by atoms with Crippen LogP contribution in [0.3, 0.4) is 0 Å². The lowest BCUT2D eigenvalue weighted by Crippen LogP contribution is -2.46. The summed E-state index contributed by atoms with van der Waals surface area (Å²) in [6, 6.07) is 4.52. The van der Waals surface area contributed by atoms with Crippen LogP contribution < -0.4 is 0 Å². The van der Waals surface area contributed by atoms with E-state index in [-0.39, 0.29) is 17.9 Å². The summed E-state index contributed by atoms with van der Waals surface area (Å²) in [4.78, 5) is 18.4. The van der Waals surface area contributed by atoms with Gasteiger partial charge in [0.25, 0.3) is 0 Å². The van der Waals surface area contributed by atoms with Gasteiger partial charge in [0.2, 0.25) is 5.91 Å². The molecule has 0 bridgehead atoms. The summed E-state index contributed by atoms with van der Waals surface area (Å²) in [6.07, 6.45) is 5.23. The highest BCUT2D eigenvalue weighted by atomic mass is 32.1. The monoisotopic (exact) mass is 336 g/mol. The molecule has 5 heteroatoms. The van der Waals surface area contributed by atoms with Crippen LogP contribution in [0, 0.1) is 5.41 Å². The summed E-state index contributed by atoms with van der Waals surface area (Å²) in [5.74, 6) is 0.272. The molecule has 0 aliphatic carbocycles. The molecule has 2 aliphatic rings. The summed E-state index contributed by atoms with van der Waals surface area (Å²) in [6.45, 7) is 5.72. The van der Waals surface area contributed by atoms with Crippen LogP contribution in [-0.2, 0) is 4.79 Å². The molecule has 0 spiro atoms. The number of carbonyl (C=O) groups is 1. The van der Waals surface area contributed by atoms with Gasteiger partial charge >= 0.3 is 0 Å². The largest absolute Gasteiger partial charge is 0.396 e. The summed E-state index contributed by atoms with van der Waals surface area (Å²) >= 11 is 1.76. The molecule has 2 aliphatic heterocycles. The van der Waals surface area contributed by atoms with Crippen molar-refractivity contribution < 1.29 is 9.90 Å². The molecule has 23 heavy (non-hydrogen) atoms. The maximum atomic E-state index is 12.8. The fourth-order valence-corrected chi connectivity index (χ4v) is 4.81. The second-order valence-corrected chi connectivity index (χ2v) is 8.03. The number of amides is 1. The molecule has 1 unspecified atom stereocenters. The molecule has 3 rings (SSSR count). The third kappa shape index (κ3) is 3.62. The fourth-order valence-electron chi connectivity index (χ4n) is 3.93. The average molecular weight is 337 g/mol. The number of hydrogen-bond donors (Lipinski definition) is 1. The smallest absolute Gasteiger partial charge is 0.237 e. The standard InChI is InChI=1S/C18H28N2O2S/c1-2-18(14-21)7-10-19(11-8-18)13-17(22)20-9-3-5-15(20)16-6-4-12-23-16/h4,6,12,15,21H,2-3,5,7-11,13-14H2,1H3. The lowest BCUT2D eigenvalue weighted by molar-refractivity contribution is -0.134.